The van der Waals surface area contributed by atoms with E-state index in [9.17, 15) is 17.6 Å². The summed E-state index contributed by atoms with van der Waals surface area (Å²) in [6, 6.07) is 9.90. The molecule has 0 atom stereocenters. The van der Waals surface area contributed by atoms with Crippen LogP contribution < -0.4 is 4.74 Å². The van der Waals surface area contributed by atoms with E-state index in [0.29, 0.717) is 5.75 Å². The number of benzene rings is 2. The van der Waals surface area contributed by atoms with Crippen LogP contribution in [-0.4, -0.2) is 56.8 Å². The number of methoxy groups -OCH3 is 1. The number of sulfonamides is 1. The molecule has 1 fully saturated rings. The Kier molecular flexibility index (Phi) is 5.69. The predicted molar refractivity (Wildman–Crippen MR) is 99.1 cm³/mol. The minimum absolute atomic E-state index is 0.117. The van der Waals surface area contributed by atoms with Gasteiger partial charge in [0, 0.05) is 31.2 Å². The summed E-state index contributed by atoms with van der Waals surface area (Å²) in [5.74, 6) is -0.595. The number of piperazine rings is 1. The van der Waals surface area contributed by atoms with E-state index in [0.717, 1.165) is 6.07 Å². The fourth-order valence-electron chi connectivity index (χ4n) is 2.86. The third-order valence-corrected chi connectivity index (χ3v) is 6.53. The molecule has 0 N–H and O–H groups in total. The van der Waals surface area contributed by atoms with Crippen LogP contribution in [0.4, 0.5) is 4.39 Å². The second-order valence-electron chi connectivity index (χ2n) is 6.00. The zero-order valence-electron chi connectivity index (χ0n) is 14.6. The lowest BCUT2D eigenvalue weighted by Crippen LogP contribution is -2.50. The van der Waals surface area contributed by atoms with E-state index >= 15 is 0 Å². The number of carbonyl (C=O) groups is 1. The smallest absolute Gasteiger partial charge is 0.256 e. The van der Waals surface area contributed by atoms with Crippen molar-refractivity contribution in [2.45, 2.75) is 4.90 Å². The van der Waals surface area contributed by atoms with Crippen molar-refractivity contribution >= 4 is 27.5 Å². The van der Waals surface area contributed by atoms with Crippen LogP contribution in [0.25, 0.3) is 0 Å². The van der Waals surface area contributed by atoms with Gasteiger partial charge in [-0.2, -0.15) is 4.31 Å². The Morgan fingerprint density at radius 2 is 1.70 bits per heavy atom. The van der Waals surface area contributed by atoms with Crippen molar-refractivity contribution in [2.75, 3.05) is 33.3 Å². The van der Waals surface area contributed by atoms with E-state index in [1.54, 1.807) is 12.1 Å². The maximum Gasteiger partial charge on any atom is 0.256 e. The second-order valence-corrected chi connectivity index (χ2v) is 8.37. The van der Waals surface area contributed by atoms with E-state index in [2.05, 4.69) is 0 Å². The molecule has 27 heavy (non-hydrogen) atoms. The second kappa shape index (κ2) is 7.84. The van der Waals surface area contributed by atoms with E-state index in [-0.39, 0.29) is 41.7 Å². The zero-order valence-corrected chi connectivity index (χ0v) is 16.1. The van der Waals surface area contributed by atoms with E-state index < -0.39 is 21.7 Å². The summed E-state index contributed by atoms with van der Waals surface area (Å²) in [4.78, 5) is 14.1. The number of ether oxygens (including phenoxy) is 1. The van der Waals surface area contributed by atoms with E-state index in [1.807, 2.05) is 0 Å². The van der Waals surface area contributed by atoms with Gasteiger partial charge in [-0.15, -0.1) is 0 Å². The van der Waals surface area contributed by atoms with Crippen LogP contribution in [0.1, 0.15) is 10.4 Å². The van der Waals surface area contributed by atoms with Gasteiger partial charge in [0.05, 0.1) is 17.6 Å². The van der Waals surface area contributed by atoms with Gasteiger partial charge < -0.3 is 9.64 Å². The predicted octanol–water partition coefficient (Wildman–Crippen LogP) is 2.63. The Bertz CT molecular complexity index is 942. The summed E-state index contributed by atoms with van der Waals surface area (Å²) in [5.41, 5.74) is -0.117. The number of hydrogen-bond acceptors (Lipinski definition) is 4. The van der Waals surface area contributed by atoms with Gasteiger partial charge in [-0.1, -0.05) is 11.6 Å². The Labute approximate surface area is 162 Å². The Morgan fingerprint density at radius 3 is 2.30 bits per heavy atom. The average Bonchev–Trinajstić information content (AvgIpc) is 2.69. The molecule has 1 aliphatic rings. The molecular formula is C18H18ClFN2O4S. The largest absolute Gasteiger partial charge is 0.497 e. The maximum atomic E-state index is 13.9. The van der Waals surface area contributed by atoms with Crippen molar-refractivity contribution in [3.8, 4) is 5.75 Å². The summed E-state index contributed by atoms with van der Waals surface area (Å²) < 4.78 is 45.7. The first kappa shape index (κ1) is 19.6. The molecule has 3 rings (SSSR count). The highest BCUT2D eigenvalue weighted by Gasteiger charge is 2.31. The van der Waals surface area contributed by atoms with Gasteiger partial charge in [0.25, 0.3) is 5.91 Å². The summed E-state index contributed by atoms with van der Waals surface area (Å²) in [6.07, 6.45) is 0. The number of rotatable bonds is 4. The number of hydrogen-bond donors (Lipinski definition) is 0. The molecule has 6 nitrogen and oxygen atoms in total. The van der Waals surface area contributed by atoms with Crippen LogP contribution in [0.5, 0.6) is 5.75 Å². The molecule has 144 valence electrons. The molecule has 0 saturated carbocycles. The minimum atomic E-state index is -3.67. The fourth-order valence-corrected chi connectivity index (χ4v) is 4.45. The standard InChI is InChI=1S/C18H18ClFN2O4S/c1-26-14-3-5-15(6-4-14)27(24,25)22-10-8-21(9-11-22)18(23)16-12-13(19)2-7-17(16)20/h2-7,12H,8-11H2,1H3. The van der Waals surface area contributed by atoms with Gasteiger partial charge in [-0.05, 0) is 42.5 Å². The summed E-state index contributed by atoms with van der Waals surface area (Å²) in [5, 5.41) is 0.264. The number of amides is 1. The Hall–Kier alpha value is -2.16. The van der Waals surface area contributed by atoms with E-state index in [4.69, 9.17) is 16.3 Å². The lowest BCUT2D eigenvalue weighted by Gasteiger charge is -2.34. The molecule has 1 heterocycles. The third-order valence-electron chi connectivity index (χ3n) is 4.38. The van der Waals surface area contributed by atoms with Crippen molar-refractivity contribution in [1.82, 2.24) is 9.21 Å². The first-order valence-corrected chi connectivity index (χ1v) is 10.0. The molecule has 0 unspecified atom stereocenters. The van der Waals surface area contributed by atoms with Crippen LogP contribution in [-0.2, 0) is 10.0 Å². The highest BCUT2D eigenvalue weighted by atomic mass is 35.5. The maximum absolute atomic E-state index is 13.9. The molecule has 2 aromatic rings. The van der Waals surface area contributed by atoms with Crippen LogP contribution in [0, 0.1) is 5.82 Å². The van der Waals surface area contributed by atoms with Crippen LogP contribution in [0.3, 0.4) is 0 Å². The molecule has 2 aromatic carbocycles. The third kappa shape index (κ3) is 4.07. The van der Waals surface area contributed by atoms with Gasteiger partial charge in [-0.25, -0.2) is 12.8 Å². The van der Waals surface area contributed by atoms with Crippen LogP contribution >= 0.6 is 11.6 Å². The molecule has 0 aliphatic carbocycles. The molecule has 1 amide bonds. The van der Waals surface area contributed by atoms with Crippen molar-refractivity contribution in [2.24, 2.45) is 0 Å². The molecule has 0 spiro atoms. The highest BCUT2D eigenvalue weighted by molar-refractivity contribution is 7.89. The first-order valence-electron chi connectivity index (χ1n) is 8.21. The van der Waals surface area contributed by atoms with Gasteiger partial charge in [-0.3, -0.25) is 4.79 Å². The average molecular weight is 413 g/mol. The molecule has 0 bridgehead atoms. The number of carbonyl (C=O) groups excluding carboxylic acids is 1. The van der Waals surface area contributed by atoms with Crippen molar-refractivity contribution in [3.63, 3.8) is 0 Å². The van der Waals surface area contributed by atoms with Gasteiger partial charge in [0.1, 0.15) is 11.6 Å². The van der Waals surface area contributed by atoms with Crippen LogP contribution in [0.2, 0.25) is 5.02 Å². The lowest BCUT2D eigenvalue weighted by atomic mass is 10.1. The topological polar surface area (TPSA) is 66.9 Å². The quantitative estimate of drug-likeness (QED) is 0.774. The monoisotopic (exact) mass is 412 g/mol. The van der Waals surface area contributed by atoms with Gasteiger partial charge in [0.15, 0.2) is 0 Å². The van der Waals surface area contributed by atoms with Gasteiger partial charge in [0.2, 0.25) is 10.0 Å². The normalized spacial score (nSPS) is 15.6. The minimum Gasteiger partial charge on any atom is -0.497 e. The van der Waals surface area contributed by atoms with E-state index in [1.165, 1.54) is 40.6 Å². The number of halogens is 2. The lowest BCUT2D eigenvalue weighted by molar-refractivity contribution is 0.0693. The molecule has 0 aromatic heterocycles. The molecular weight excluding hydrogens is 395 g/mol. The highest BCUT2D eigenvalue weighted by Crippen LogP contribution is 2.22. The Balaban J connectivity index is 1.70. The summed E-state index contributed by atoms with van der Waals surface area (Å²) >= 11 is 5.84. The SMILES string of the molecule is COc1ccc(S(=O)(=O)N2CCN(C(=O)c3cc(Cl)ccc3F)CC2)cc1. The molecule has 1 aliphatic heterocycles. The molecule has 1 saturated heterocycles. The molecule has 9 heteroatoms. The van der Waals surface area contributed by atoms with Crippen LogP contribution in [0.15, 0.2) is 47.4 Å². The molecule has 0 radical (unpaired) electrons. The summed E-state index contributed by atoms with van der Waals surface area (Å²) in [6.45, 7) is 0.588. The first-order chi connectivity index (χ1) is 12.8. The van der Waals surface area contributed by atoms with Crippen molar-refractivity contribution in [1.29, 1.82) is 0 Å². The zero-order chi connectivity index (χ0) is 19.6. The number of nitrogens with zero attached hydrogens (tertiary/aromatic N) is 2. The Morgan fingerprint density at radius 1 is 1.07 bits per heavy atom. The van der Waals surface area contributed by atoms with Crippen molar-refractivity contribution < 1.29 is 22.3 Å². The van der Waals surface area contributed by atoms with Crippen molar-refractivity contribution in [3.05, 3.63) is 58.9 Å². The summed E-state index contributed by atoms with van der Waals surface area (Å²) in [7, 11) is -2.17. The van der Waals surface area contributed by atoms with Gasteiger partial charge >= 0.3 is 0 Å². The fraction of sp³-hybridized carbons (Fsp3) is 0.278.